The molecule has 1 saturated heterocycles. The Bertz CT molecular complexity index is 1500. The number of carbonyl (C=O) groups is 1. The topological polar surface area (TPSA) is 65.1 Å². The highest BCUT2D eigenvalue weighted by molar-refractivity contribution is 7.84. The van der Waals surface area contributed by atoms with Crippen molar-refractivity contribution in [3.8, 4) is 5.75 Å². The zero-order valence-electron chi connectivity index (χ0n) is 30.7. The number of hydrogen-bond donors (Lipinski definition) is 1. The molecule has 0 radical (unpaired) electrons. The Kier molecular flexibility index (Phi) is 13.0. The fraction of sp³-hybridized carbons (Fsp3) is 0.634. The zero-order valence-corrected chi connectivity index (χ0v) is 32.3. The summed E-state index contributed by atoms with van der Waals surface area (Å²) in [6.07, 6.45) is 14.6. The molecule has 5 atom stereocenters. The van der Waals surface area contributed by atoms with E-state index in [4.69, 9.17) is 16.3 Å². The molecule has 50 heavy (non-hydrogen) atoms. The summed E-state index contributed by atoms with van der Waals surface area (Å²) in [5.74, 6) is 2.37. The summed E-state index contributed by atoms with van der Waals surface area (Å²) < 4.78 is 21.8. The highest BCUT2D eigenvalue weighted by atomic mass is 35.5. The molecule has 2 saturated carbocycles. The third kappa shape index (κ3) is 8.97. The molecule has 1 amide bonds. The van der Waals surface area contributed by atoms with E-state index in [-0.39, 0.29) is 17.1 Å². The van der Waals surface area contributed by atoms with Gasteiger partial charge in [-0.15, -0.1) is 0 Å². The molecule has 9 heteroatoms. The van der Waals surface area contributed by atoms with Crippen LogP contribution in [0.1, 0.15) is 100 Å². The van der Waals surface area contributed by atoms with E-state index in [9.17, 15) is 9.00 Å². The van der Waals surface area contributed by atoms with Gasteiger partial charge < -0.3 is 14.5 Å². The van der Waals surface area contributed by atoms with E-state index in [1.807, 2.05) is 32.0 Å². The quantitative estimate of drug-likeness (QED) is 0.201. The Morgan fingerprint density at radius 1 is 1.06 bits per heavy atom. The lowest BCUT2D eigenvalue weighted by atomic mass is 9.66. The Balaban J connectivity index is 1.24. The van der Waals surface area contributed by atoms with Gasteiger partial charge in [-0.3, -0.25) is 14.4 Å². The molecule has 5 unspecified atom stereocenters. The van der Waals surface area contributed by atoms with Gasteiger partial charge in [-0.1, -0.05) is 56.5 Å². The van der Waals surface area contributed by atoms with Gasteiger partial charge in [0, 0.05) is 73.6 Å². The monoisotopic (exact) mass is 722 g/mol. The average Bonchev–Trinajstić information content (AvgIpc) is 3.24. The highest BCUT2D eigenvalue weighted by Gasteiger charge is 2.39. The van der Waals surface area contributed by atoms with Crippen molar-refractivity contribution in [1.29, 1.82) is 0 Å². The van der Waals surface area contributed by atoms with Crippen molar-refractivity contribution in [2.45, 2.75) is 96.3 Å². The third-order valence-electron chi connectivity index (χ3n) is 11.7. The maximum absolute atomic E-state index is 13.3. The van der Waals surface area contributed by atoms with Crippen LogP contribution >= 0.6 is 11.6 Å². The minimum atomic E-state index is -1.44. The zero-order chi connectivity index (χ0) is 35.2. The second-order valence-corrected chi connectivity index (χ2v) is 17.6. The number of benzene rings is 2. The standard InChI is InChI=1S/C41H59ClN4O3S/c1-5-7-10-32(25-44-19-21-45(22-20-44)36-11-8-12-36)38-16-13-33(38)26-46-27-34(37-17-15-35(42)23-30(37)9-6-2)28-49-40-18-14-31(24-39(40)46)41(47)43-50(48)29(3)4/h7,10,14-15,17-18,23-24,29,32-34,36,38H,5-6,8-9,11-13,16,19-22,25-28H2,1-4H3,(H,43,47)/b10-7+. The molecule has 6 rings (SSSR count). The van der Waals surface area contributed by atoms with Gasteiger partial charge in [0.05, 0.1) is 12.3 Å². The van der Waals surface area contributed by atoms with Gasteiger partial charge >= 0.3 is 0 Å². The van der Waals surface area contributed by atoms with Crippen LogP contribution in [0.25, 0.3) is 0 Å². The predicted octanol–water partition coefficient (Wildman–Crippen LogP) is 7.86. The number of hydrogen-bond acceptors (Lipinski definition) is 6. The number of carbonyl (C=O) groups excluding carboxylic acids is 1. The Labute approximate surface area is 308 Å². The molecule has 2 aliphatic heterocycles. The van der Waals surface area contributed by atoms with Gasteiger partial charge in [-0.05, 0) is 112 Å². The first-order valence-electron chi connectivity index (χ1n) is 19.4. The van der Waals surface area contributed by atoms with Crippen LogP contribution in [0, 0.1) is 17.8 Å². The molecule has 0 spiro atoms. The number of piperazine rings is 1. The molecular weight excluding hydrogens is 664 g/mol. The fourth-order valence-corrected chi connectivity index (χ4v) is 9.13. The number of nitrogens with one attached hydrogen (secondary N) is 1. The predicted molar refractivity (Wildman–Crippen MR) is 208 cm³/mol. The summed E-state index contributed by atoms with van der Waals surface area (Å²) in [5, 5.41) is 0.614. The van der Waals surface area contributed by atoms with Crippen molar-refractivity contribution in [2.24, 2.45) is 17.8 Å². The summed E-state index contributed by atoms with van der Waals surface area (Å²) in [7, 11) is -1.44. The SMILES string of the molecule is CC/C=C/C(CN1CCN(C2CCC2)CC1)C1CCC1CN1CC(c2ccc(Cl)cc2CCC)COc2ccc(C(=O)NS(=O)C(C)C)cc21. The molecule has 2 aromatic rings. The van der Waals surface area contributed by atoms with Crippen molar-refractivity contribution < 1.29 is 13.7 Å². The lowest BCUT2D eigenvalue weighted by molar-refractivity contribution is 0.0411. The second-order valence-electron chi connectivity index (χ2n) is 15.4. The average molecular weight is 723 g/mol. The van der Waals surface area contributed by atoms with Gasteiger partial charge in [0.2, 0.25) is 0 Å². The normalized spacial score (nSPS) is 24.6. The van der Waals surface area contributed by atoms with Gasteiger partial charge in [-0.25, -0.2) is 4.21 Å². The number of nitrogens with zero attached hydrogens (tertiary/aromatic N) is 3. The number of ether oxygens (including phenoxy) is 1. The minimum Gasteiger partial charge on any atom is -0.491 e. The van der Waals surface area contributed by atoms with Gasteiger partial charge in [0.1, 0.15) is 16.7 Å². The number of rotatable bonds is 14. The van der Waals surface area contributed by atoms with Crippen LogP contribution in [-0.4, -0.2) is 83.6 Å². The first-order valence-corrected chi connectivity index (χ1v) is 21.0. The molecule has 2 heterocycles. The second kappa shape index (κ2) is 17.4. The maximum atomic E-state index is 13.3. The molecule has 2 aliphatic carbocycles. The fourth-order valence-electron chi connectivity index (χ4n) is 8.40. The van der Waals surface area contributed by atoms with Crippen LogP contribution < -0.4 is 14.4 Å². The summed E-state index contributed by atoms with van der Waals surface area (Å²) in [6, 6.07) is 12.9. The Morgan fingerprint density at radius 2 is 1.86 bits per heavy atom. The van der Waals surface area contributed by atoms with E-state index in [1.165, 1.54) is 69.4 Å². The van der Waals surface area contributed by atoms with E-state index >= 15 is 0 Å². The molecule has 0 bridgehead atoms. The Hall–Kier alpha value is -2.39. The number of allylic oxidation sites excluding steroid dienone is 1. The largest absolute Gasteiger partial charge is 0.491 e. The lowest BCUT2D eigenvalue weighted by Gasteiger charge is -2.47. The number of halogens is 1. The lowest BCUT2D eigenvalue weighted by Crippen LogP contribution is -2.53. The van der Waals surface area contributed by atoms with Crippen molar-refractivity contribution in [1.82, 2.24) is 14.5 Å². The summed E-state index contributed by atoms with van der Waals surface area (Å²) in [5.41, 5.74) is 4.06. The van der Waals surface area contributed by atoms with Gasteiger partial charge in [0.25, 0.3) is 5.91 Å². The van der Waals surface area contributed by atoms with Crippen molar-refractivity contribution >= 4 is 34.2 Å². The van der Waals surface area contributed by atoms with Crippen molar-refractivity contribution in [3.63, 3.8) is 0 Å². The number of amides is 1. The molecule has 2 aromatic carbocycles. The molecule has 3 fully saturated rings. The van der Waals surface area contributed by atoms with E-state index in [1.54, 1.807) is 6.07 Å². The minimum absolute atomic E-state index is 0.158. The molecule has 7 nitrogen and oxygen atoms in total. The molecule has 274 valence electrons. The summed E-state index contributed by atoms with van der Waals surface area (Å²) in [6.45, 7) is 16.3. The first-order chi connectivity index (χ1) is 24.2. The summed E-state index contributed by atoms with van der Waals surface area (Å²) in [4.78, 5) is 21.2. The number of aryl methyl sites for hydroxylation is 1. The van der Waals surface area contributed by atoms with Crippen LogP contribution in [0.4, 0.5) is 5.69 Å². The van der Waals surface area contributed by atoms with Gasteiger partial charge in [-0.2, -0.15) is 0 Å². The Morgan fingerprint density at radius 3 is 2.52 bits per heavy atom. The molecule has 1 N–H and O–H groups in total. The third-order valence-corrected chi connectivity index (χ3v) is 13.2. The first kappa shape index (κ1) is 37.4. The van der Waals surface area contributed by atoms with Crippen molar-refractivity contribution in [2.75, 3.05) is 57.3 Å². The highest BCUT2D eigenvalue weighted by Crippen LogP contribution is 2.44. The van der Waals surface area contributed by atoms with Crippen LogP contribution in [0.15, 0.2) is 48.6 Å². The van der Waals surface area contributed by atoms with Gasteiger partial charge in [0.15, 0.2) is 0 Å². The van der Waals surface area contributed by atoms with E-state index in [2.05, 4.69) is 57.6 Å². The molecular formula is C41H59ClN4O3S. The van der Waals surface area contributed by atoms with Crippen LogP contribution in [0.5, 0.6) is 5.75 Å². The smallest absolute Gasteiger partial charge is 0.263 e. The van der Waals surface area contributed by atoms with Crippen LogP contribution in [0.2, 0.25) is 5.02 Å². The van der Waals surface area contributed by atoms with E-state index < -0.39 is 11.0 Å². The van der Waals surface area contributed by atoms with E-state index in [0.29, 0.717) is 29.9 Å². The molecule has 4 aliphatic rings. The van der Waals surface area contributed by atoms with Crippen LogP contribution in [-0.2, 0) is 17.4 Å². The number of anilines is 1. The van der Waals surface area contributed by atoms with Crippen molar-refractivity contribution in [3.05, 3.63) is 70.3 Å². The molecule has 0 aromatic heterocycles. The van der Waals surface area contributed by atoms with E-state index in [0.717, 1.165) is 61.4 Å². The summed E-state index contributed by atoms with van der Waals surface area (Å²) >= 11 is 6.49. The van der Waals surface area contributed by atoms with Crippen LogP contribution in [0.3, 0.4) is 0 Å². The number of fused-ring (bicyclic) bond motifs is 1. The maximum Gasteiger partial charge on any atom is 0.263 e.